The van der Waals surface area contributed by atoms with Crippen LogP contribution >= 0.6 is 0 Å². The van der Waals surface area contributed by atoms with Crippen molar-refractivity contribution in [2.45, 2.75) is 46.0 Å². The van der Waals surface area contributed by atoms with Crippen LogP contribution in [0.2, 0.25) is 0 Å². The number of hydrogen-bond donors (Lipinski definition) is 0. The van der Waals surface area contributed by atoms with Gasteiger partial charge in [0.05, 0.1) is 0 Å². The highest BCUT2D eigenvalue weighted by Crippen LogP contribution is 2.40. The Balaban J connectivity index is 2.53. The average Bonchev–Trinajstić information content (AvgIpc) is 2.12. The lowest BCUT2D eigenvalue weighted by Gasteiger charge is -2.38. The van der Waals surface area contributed by atoms with Crippen molar-refractivity contribution in [2.75, 3.05) is 0 Å². The number of hydrogen-bond acceptors (Lipinski definition) is 0. The zero-order chi connectivity index (χ0) is 10.3. The normalized spacial score (nSPS) is 24.4. The van der Waals surface area contributed by atoms with Gasteiger partial charge in [0.2, 0.25) is 0 Å². The molecule has 76 valence electrons. The molecule has 1 atom stereocenters. The predicted octanol–water partition coefficient (Wildman–Crippen LogP) is 3.85. The van der Waals surface area contributed by atoms with Crippen LogP contribution in [0.3, 0.4) is 0 Å². The van der Waals surface area contributed by atoms with Gasteiger partial charge in [0.1, 0.15) is 0 Å². The molecule has 0 nitrogen and oxygen atoms in total. The fourth-order valence-corrected chi connectivity index (χ4v) is 2.56. The van der Waals surface area contributed by atoms with Gasteiger partial charge >= 0.3 is 0 Å². The maximum atomic E-state index is 2.38. The van der Waals surface area contributed by atoms with Crippen molar-refractivity contribution in [1.29, 1.82) is 0 Å². The predicted molar refractivity (Wildman–Crippen MR) is 61.7 cm³/mol. The minimum absolute atomic E-state index is 0.362. The van der Waals surface area contributed by atoms with Crippen LogP contribution in [0, 0.1) is 12.8 Å². The Morgan fingerprint density at radius 3 is 2.71 bits per heavy atom. The molecule has 0 radical (unpaired) electrons. The van der Waals surface area contributed by atoms with Gasteiger partial charge in [0.25, 0.3) is 0 Å². The molecule has 2 rings (SSSR count). The van der Waals surface area contributed by atoms with E-state index >= 15 is 0 Å². The van der Waals surface area contributed by atoms with Crippen LogP contribution in [0.4, 0.5) is 0 Å². The number of fused-ring (bicyclic) bond motifs is 1. The summed E-state index contributed by atoms with van der Waals surface area (Å²) in [6, 6.07) is 6.95. The molecular formula is C14H20. The first kappa shape index (κ1) is 9.76. The molecule has 0 aromatic heterocycles. The van der Waals surface area contributed by atoms with Crippen LogP contribution in [0.1, 0.15) is 43.9 Å². The third-order valence-corrected chi connectivity index (χ3v) is 4.03. The summed E-state index contributed by atoms with van der Waals surface area (Å²) < 4.78 is 0. The minimum atomic E-state index is 0.362. The van der Waals surface area contributed by atoms with E-state index < -0.39 is 0 Å². The molecular weight excluding hydrogens is 168 g/mol. The van der Waals surface area contributed by atoms with Crippen LogP contribution in [0.25, 0.3) is 0 Å². The SMILES string of the molecule is Cc1ccc2c(c1)CC[C@H](C)C2(C)C. The molecule has 0 saturated carbocycles. The summed E-state index contributed by atoms with van der Waals surface area (Å²) >= 11 is 0. The van der Waals surface area contributed by atoms with Crippen LogP contribution < -0.4 is 0 Å². The summed E-state index contributed by atoms with van der Waals surface area (Å²) in [5.41, 5.74) is 4.91. The number of aryl methyl sites for hydroxylation is 2. The lowest BCUT2D eigenvalue weighted by atomic mass is 9.66. The minimum Gasteiger partial charge on any atom is -0.0617 e. The Morgan fingerprint density at radius 2 is 2.00 bits per heavy atom. The van der Waals surface area contributed by atoms with E-state index in [1.54, 1.807) is 11.1 Å². The monoisotopic (exact) mass is 188 g/mol. The molecule has 0 N–H and O–H groups in total. The van der Waals surface area contributed by atoms with Gasteiger partial charge in [-0.3, -0.25) is 0 Å². The standard InChI is InChI=1S/C14H20/c1-10-5-8-13-12(9-10)7-6-11(2)14(13,3)4/h5,8-9,11H,6-7H2,1-4H3/t11-/m0/s1. The van der Waals surface area contributed by atoms with Gasteiger partial charge in [-0.15, -0.1) is 0 Å². The summed E-state index contributed by atoms with van der Waals surface area (Å²) in [5.74, 6) is 0.803. The van der Waals surface area contributed by atoms with Crippen LogP contribution in [-0.4, -0.2) is 0 Å². The van der Waals surface area contributed by atoms with Crippen LogP contribution in [-0.2, 0) is 11.8 Å². The Labute approximate surface area is 87.3 Å². The highest BCUT2D eigenvalue weighted by Gasteiger charge is 2.33. The first-order valence-electron chi connectivity index (χ1n) is 5.62. The van der Waals surface area contributed by atoms with E-state index in [9.17, 15) is 0 Å². The van der Waals surface area contributed by atoms with E-state index in [1.165, 1.54) is 18.4 Å². The molecule has 1 aliphatic rings. The van der Waals surface area contributed by atoms with Gasteiger partial charge in [-0.1, -0.05) is 44.5 Å². The first-order valence-corrected chi connectivity index (χ1v) is 5.62. The molecule has 0 aliphatic heterocycles. The highest BCUT2D eigenvalue weighted by atomic mass is 14.4. The summed E-state index contributed by atoms with van der Waals surface area (Å²) in [7, 11) is 0. The second kappa shape index (κ2) is 3.12. The topological polar surface area (TPSA) is 0 Å². The fourth-order valence-electron chi connectivity index (χ4n) is 2.56. The third-order valence-electron chi connectivity index (χ3n) is 4.03. The third kappa shape index (κ3) is 1.37. The van der Waals surface area contributed by atoms with E-state index in [0.29, 0.717) is 5.41 Å². The van der Waals surface area contributed by atoms with Crippen molar-refractivity contribution in [3.05, 3.63) is 34.9 Å². The van der Waals surface area contributed by atoms with Gasteiger partial charge in [-0.2, -0.15) is 0 Å². The van der Waals surface area contributed by atoms with Crippen molar-refractivity contribution in [1.82, 2.24) is 0 Å². The molecule has 0 heterocycles. The second-order valence-electron chi connectivity index (χ2n) is 5.32. The zero-order valence-corrected chi connectivity index (χ0v) is 9.72. The van der Waals surface area contributed by atoms with Crippen molar-refractivity contribution in [3.8, 4) is 0 Å². The highest BCUT2D eigenvalue weighted by molar-refractivity contribution is 5.39. The summed E-state index contributed by atoms with van der Waals surface area (Å²) in [5, 5.41) is 0. The van der Waals surface area contributed by atoms with Crippen molar-refractivity contribution < 1.29 is 0 Å². The van der Waals surface area contributed by atoms with E-state index in [4.69, 9.17) is 0 Å². The smallest absolute Gasteiger partial charge is 0.00751 e. The fraction of sp³-hybridized carbons (Fsp3) is 0.571. The van der Waals surface area contributed by atoms with E-state index in [2.05, 4.69) is 45.9 Å². The number of rotatable bonds is 0. The van der Waals surface area contributed by atoms with Gasteiger partial charge in [0.15, 0.2) is 0 Å². The van der Waals surface area contributed by atoms with Crippen LogP contribution in [0.15, 0.2) is 18.2 Å². The first-order chi connectivity index (χ1) is 6.51. The molecule has 1 aromatic carbocycles. The second-order valence-corrected chi connectivity index (χ2v) is 5.32. The van der Waals surface area contributed by atoms with E-state index in [-0.39, 0.29) is 0 Å². The molecule has 0 amide bonds. The Bertz CT molecular complexity index is 347. The largest absolute Gasteiger partial charge is 0.0617 e. The molecule has 0 spiro atoms. The Kier molecular flexibility index (Phi) is 2.17. The molecule has 1 aliphatic carbocycles. The van der Waals surface area contributed by atoms with Gasteiger partial charge in [0, 0.05) is 0 Å². The lowest BCUT2D eigenvalue weighted by Crippen LogP contribution is -2.32. The number of benzene rings is 1. The molecule has 0 fully saturated rings. The molecule has 0 heteroatoms. The Hall–Kier alpha value is -0.780. The van der Waals surface area contributed by atoms with Gasteiger partial charge in [-0.25, -0.2) is 0 Å². The maximum absolute atomic E-state index is 2.38. The average molecular weight is 188 g/mol. The summed E-state index contributed by atoms with van der Waals surface area (Å²) in [6.45, 7) is 9.32. The molecule has 0 saturated heterocycles. The quantitative estimate of drug-likeness (QED) is 0.580. The molecule has 1 aromatic rings. The molecule has 0 unspecified atom stereocenters. The Morgan fingerprint density at radius 1 is 1.29 bits per heavy atom. The summed E-state index contributed by atoms with van der Waals surface area (Å²) in [4.78, 5) is 0. The maximum Gasteiger partial charge on any atom is -0.00751 e. The lowest BCUT2D eigenvalue weighted by molar-refractivity contribution is 0.302. The van der Waals surface area contributed by atoms with Gasteiger partial charge < -0.3 is 0 Å². The van der Waals surface area contributed by atoms with Crippen molar-refractivity contribution in [3.63, 3.8) is 0 Å². The van der Waals surface area contributed by atoms with E-state index in [0.717, 1.165) is 5.92 Å². The molecule has 0 bridgehead atoms. The van der Waals surface area contributed by atoms with Crippen LogP contribution in [0.5, 0.6) is 0 Å². The van der Waals surface area contributed by atoms with Gasteiger partial charge in [-0.05, 0) is 42.2 Å². The molecule has 14 heavy (non-hydrogen) atoms. The van der Waals surface area contributed by atoms with Crippen molar-refractivity contribution >= 4 is 0 Å². The van der Waals surface area contributed by atoms with Crippen molar-refractivity contribution in [2.24, 2.45) is 5.92 Å². The summed E-state index contributed by atoms with van der Waals surface area (Å²) in [6.07, 6.45) is 2.60. The zero-order valence-electron chi connectivity index (χ0n) is 9.72. The van der Waals surface area contributed by atoms with E-state index in [1.807, 2.05) is 0 Å².